The first-order valence-corrected chi connectivity index (χ1v) is 8.40. The standard InChI is InChI=1S/C16H22N2O4.C2H3ClO/c1-11(2)15(20)10-17(12(3)19)16(4,5)13-7-6-8-14(9-13)18(21)22;1-2(3)4/h6-9,11H,10H2,1-5H3;1H3. The second kappa shape index (κ2) is 10.0. The number of Topliss-reactive ketones (excluding diaryl/α,β-unsaturated/α-hetero) is 1. The number of amides is 1. The van der Waals surface area contributed by atoms with E-state index in [9.17, 15) is 24.5 Å². The quantitative estimate of drug-likeness (QED) is 0.423. The third-order valence-corrected chi connectivity index (χ3v) is 3.78. The average Bonchev–Trinajstić information content (AvgIpc) is 2.51. The van der Waals surface area contributed by atoms with Crippen molar-refractivity contribution >= 4 is 34.2 Å². The molecule has 0 bridgehead atoms. The van der Waals surface area contributed by atoms with Gasteiger partial charge in [-0.05, 0) is 31.0 Å². The third kappa shape index (κ3) is 7.31. The highest BCUT2D eigenvalue weighted by Gasteiger charge is 2.33. The lowest BCUT2D eigenvalue weighted by atomic mass is 9.90. The molecule has 0 N–H and O–H groups in total. The summed E-state index contributed by atoms with van der Waals surface area (Å²) in [5.41, 5.74) is -0.236. The lowest BCUT2D eigenvalue weighted by Gasteiger charge is -2.38. The van der Waals surface area contributed by atoms with E-state index in [1.54, 1.807) is 39.8 Å². The van der Waals surface area contributed by atoms with Crippen LogP contribution in [-0.2, 0) is 19.9 Å². The Morgan fingerprint density at radius 3 is 2.12 bits per heavy atom. The summed E-state index contributed by atoms with van der Waals surface area (Å²) in [5, 5.41) is 10.6. The highest BCUT2D eigenvalue weighted by molar-refractivity contribution is 6.62. The first kappa shape index (κ1) is 23.7. The molecule has 0 saturated heterocycles. The number of hydrogen-bond acceptors (Lipinski definition) is 5. The summed E-state index contributed by atoms with van der Waals surface area (Å²) in [6, 6.07) is 6.15. The van der Waals surface area contributed by atoms with Crippen LogP contribution in [0.3, 0.4) is 0 Å². The minimum atomic E-state index is -0.817. The Bertz CT molecular complexity index is 682. The number of nitro benzene ring substituents is 1. The summed E-state index contributed by atoms with van der Waals surface area (Å²) >= 11 is 4.64. The molecule has 0 spiro atoms. The molecule has 144 valence electrons. The lowest BCUT2D eigenvalue weighted by Crippen LogP contribution is -2.47. The van der Waals surface area contributed by atoms with Crippen molar-refractivity contribution in [3.8, 4) is 0 Å². The Kier molecular flexibility index (Phi) is 9.13. The Labute approximate surface area is 158 Å². The second-order valence-electron chi connectivity index (χ2n) is 6.56. The molecule has 0 unspecified atom stereocenters. The van der Waals surface area contributed by atoms with Crippen LogP contribution in [0.15, 0.2) is 24.3 Å². The van der Waals surface area contributed by atoms with Crippen molar-refractivity contribution in [3.05, 3.63) is 39.9 Å². The van der Waals surface area contributed by atoms with E-state index in [0.29, 0.717) is 5.56 Å². The van der Waals surface area contributed by atoms with Crippen LogP contribution < -0.4 is 0 Å². The number of ketones is 1. The summed E-state index contributed by atoms with van der Waals surface area (Å²) in [6.07, 6.45) is 0. The summed E-state index contributed by atoms with van der Waals surface area (Å²) in [6.45, 7) is 9.79. The van der Waals surface area contributed by atoms with Crippen LogP contribution in [0.25, 0.3) is 0 Å². The molecule has 0 radical (unpaired) electrons. The van der Waals surface area contributed by atoms with Crippen LogP contribution in [0.5, 0.6) is 0 Å². The fourth-order valence-corrected chi connectivity index (χ4v) is 2.20. The number of nitro groups is 1. The number of nitrogens with zero attached hydrogens (tertiary/aromatic N) is 2. The molecular weight excluding hydrogens is 360 g/mol. The molecule has 1 aromatic carbocycles. The molecule has 8 heteroatoms. The minimum Gasteiger partial charge on any atom is -0.326 e. The Hall–Kier alpha value is -2.28. The smallest absolute Gasteiger partial charge is 0.269 e. The van der Waals surface area contributed by atoms with Crippen LogP contribution in [0.2, 0.25) is 0 Å². The van der Waals surface area contributed by atoms with Gasteiger partial charge in [0, 0.05) is 31.9 Å². The van der Waals surface area contributed by atoms with Crippen LogP contribution in [0, 0.1) is 16.0 Å². The zero-order chi connectivity index (χ0) is 20.7. The number of rotatable bonds is 6. The molecule has 0 aliphatic rings. The predicted octanol–water partition coefficient (Wildman–Crippen LogP) is 3.68. The van der Waals surface area contributed by atoms with E-state index in [4.69, 9.17) is 0 Å². The average molecular weight is 385 g/mol. The van der Waals surface area contributed by atoms with Crippen LogP contribution in [-0.4, -0.2) is 33.3 Å². The van der Waals surface area contributed by atoms with Crippen molar-refractivity contribution < 1.29 is 19.3 Å². The molecule has 1 rings (SSSR count). The second-order valence-corrected chi connectivity index (χ2v) is 7.10. The van der Waals surface area contributed by atoms with Gasteiger partial charge in [-0.2, -0.15) is 0 Å². The summed E-state index contributed by atoms with van der Waals surface area (Å²) in [7, 11) is 0. The number of benzene rings is 1. The highest BCUT2D eigenvalue weighted by atomic mass is 35.5. The fourth-order valence-electron chi connectivity index (χ4n) is 2.20. The van der Waals surface area contributed by atoms with E-state index >= 15 is 0 Å². The highest BCUT2D eigenvalue weighted by Crippen LogP contribution is 2.30. The Morgan fingerprint density at radius 2 is 1.73 bits per heavy atom. The topological polar surface area (TPSA) is 97.6 Å². The SMILES string of the molecule is CC(=O)Cl.CC(=O)N(CC(=O)C(C)C)C(C)(C)c1cccc([N+](=O)[O-])c1. The lowest BCUT2D eigenvalue weighted by molar-refractivity contribution is -0.385. The molecule has 1 amide bonds. The number of halogens is 1. The normalized spacial score (nSPS) is 10.6. The maximum Gasteiger partial charge on any atom is 0.269 e. The zero-order valence-electron chi connectivity index (χ0n) is 15.9. The van der Waals surface area contributed by atoms with Gasteiger partial charge in [0.1, 0.15) is 0 Å². The van der Waals surface area contributed by atoms with Gasteiger partial charge in [0.25, 0.3) is 5.69 Å². The number of hydrogen-bond donors (Lipinski definition) is 0. The molecule has 0 heterocycles. The largest absolute Gasteiger partial charge is 0.326 e. The van der Waals surface area contributed by atoms with Crippen LogP contribution >= 0.6 is 11.6 Å². The third-order valence-electron chi connectivity index (χ3n) is 3.78. The molecule has 0 aliphatic heterocycles. The maximum absolute atomic E-state index is 12.0. The van der Waals surface area contributed by atoms with Gasteiger partial charge >= 0.3 is 0 Å². The molecule has 0 aromatic heterocycles. The Balaban J connectivity index is 0.00000141. The van der Waals surface area contributed by atoms with Crippen molar-refractivity contribution in [2.24, 2.45) is 5.92 Å². The van der Waals surface area contributed by atoms with Gasteiger partial charge in [-0.3, -0.25) is 24.5 Å². The molecule has 26 heavy (non-hydrogen) atoms. The Morgan fingerprint density at radius 1 is 1.23 bits per heavy atom. The summed E-state index contributed by atoms with van der Waals surface area (Å²) in [5.74, 6) is -0.470. The van der Waals surface area contributed by atoms with Gasteiger partial charge in [0.05, 0.1) is 17.0 Å². The van der Waals surface area contributed by atoms with E-state index in [-0.39, 0.29) is 35.1 Å². The molecule has 7 nitrogen and oxygen atoms in total. The summed E-state index contributed by atoms with van der Waals surface area (Å²) in [4.78, 5) is 45.1. The number of non-ortho nitro benzene ring substituents is 1. The van der Waals surface area contributed by atoms with Crippen molar-refractivity contribution in [3.63, 3.8) is 0 Å². The monoisotopic (exact) mass is 384 g/mol. The first-order valence-electron chi connectivity index (χ1n) is 8.02. The van der Waals surface area contributed by atoms with Crippen LogP contribution in [0.1, 0.15) is 47.1 Å². The predicted molar refractivity (Wildman–Crippen MR) is 99.9 cm³/mol. The van der Waals surface area contributed by atoms with E-state index in [0.717, 1.165) is 0 Å². The van der Waals surface area contributed by atoms with Crippen molar-refractivity contribution in [2.45, 2.75) is 47.1 Å². The zero-order valence-corrected chi connectivity index (χ0v) is 16.7. The summed E-state index contributed by atoms with van der Waals surface area (Å²) < 4.78 is 0. The van der Waals surface area contributed by atoms with E-state index in [1.165, 1.54) is 30.9 Å². The molecular formula is C18H25ClN2O5. The molecule has 0 saturated carbocycles. The van der Waals surface area contributed by atoms with Gasteiger partial charge in [0.2, 0.25) is 11.1 Å². The fraction of sp³-hybridized carbons (Fsp3) is 0.500. The minimum absolute atomic E-state index is 0.0112. The van der Waals surface area contributed by atoms with Gasteiger partial charge in [-0.1, -0.05) is 26.0 Å². The molecule has 1 aromatic rings. The van der Waals surface area contributed by atoms with E-state index in [2.05, 4.69) is 11.6 Å². The molecule has 0 atom stereocenters. The van der Waals surface area contributed by atoms with Crippen molar-refractivity contribution in [1.29, 1.82) is 0 Å². The van der Waals surface area contributed by atoms with Gasteiger partial charge in [-0.25, -0.2) is 0 Å². The number of carbonyl (C=O) groups is 3. The van der Waals surface area contributed by atoms with Crippen molar-refractivity contribution in [2.75, 3.05) is 6.54 Å². The van der Waals surface area contributed by atoms with Gasteiger partial charge in [-0.15, -0.1) is 0 Å². The van der Waals surface area contributed by atoms with Gasteiger partial charge in [0.15, 0.2) is 5.78 Å². The first-order chi connectivity index (χ1) is 11.8. The maximum atomic E-state index is 12.0. The molecule has 0 fully saturated rings. The van der Waals surface area contributed by atoms with Gasteiger partial charge < -0.3 is 4.90 Å². The molecule has 0 aliphatic carbocycles. The van der Waals surface area contributed by atoms with Crippen LogP contribution in [0.4, 0.5) is 5.69 Å². The van der Waals surface area contributed by atoms with E-state index in [1.807, 2.05) is 0 Å². The number of carbonyl (C=O) groups excluding carboxylic acids is 3. The van der Waals surface area contributed by atoms with Crippen molar-refractivity contribution in [1.82, 2.24) is 4.90 Å². The van der Waals surface area contributed by atoms with E-state index < -0.39 is 10.5 Å².